The third kappa shape index (κ3) is 4.59. The summed E-state index contributed by atoms with van der Waals surface area (Å²) in [6.07, 6.45) is 1.02. The average molecular weight is 305 g/mol. The summed E-state index contributed by atoms with van der Waals surface area (Å²) in [4.78, 5) is 12.0. The van der Waals surface area contributed by atoms with Crippen molar-refractivity contribution < 1.29 is 18.3 Å². The zero-order chi connectivity index (χ0) is 14.6. The van der Waals surface area contributed by atoms with E-state index in [0.29, 0.717) is 0 Å². The summed E-state index contributed by atoms with van der Waals surface area (Å²) >= 11 is 1.17. The number of carboxylic acid groups (broad SMARTS) is 1. The second-order valence-corrected chi connectivity index (χ2v) is 7.83. The highest BCUT2D eigenvalue weighted by molar-refractivity contribution is 7.91. The van der Waals surface area contributed by atoms with Crippen molar-refractivity contribution in [3.63, 3.8) is 0 Å². The van der Waals surface area contributed by atoms with Gasteiger partial charge in [0.05, 0.1) is 0 Å². The molecule has 7 heteroatoms. The van der Waals surface area contributed by atoms with Crippen LogP contribution in [0.1, 0.15) is 32.1 Å². The third-order valence-electron chi connectivity index (χ3n) is 2.55. The summed E-state index contributed by atoms with van der Waals surface area (Å²) in [5.74, 6) is -1.05. The van der Waals surface area contributed by atoms with Gasteiger partial charge in [0.25, 0.3) is 10.0 Å². The van der Waals surface area contributed by atoms with Gasteiger partial charge in [-0.15, -0.1) is 11.3 Å². The molecule has 0 fully saturated rings. The maximum Gasteiger partial charge on any atom is 0.321 e. The van der Waals surface area contributed by atoms with Crippen molar-refractivity contribution in [3.8, 4) is 0 Å². The molecule has 1 atom stereocenters. The van der Waals surface area contributed by atoms with Crippen LogP contribution in [0, 0.1) is 5.92 Å². The maximum absolute atomic E-state index is 12.1. The Balaban J connectivity index is 2.90. The minimum atomic E-state index is -3.75. The summed E-state index contributed by atoms with van der Waals surface area (Å²) in [6.45, 7) is 5.64. The van der Waals surface area contributed by atoms with E-state index in [9.17, 15) is 13.2 Å². The first kappa shape index (κ1) is 16.1. The quantitative estimate of drug-likeness (QED) is 0.808. The number of sulfonamides is 1. The number of aryl methyl sites for hydroxylation is 1. The van der Waals surface area contributed by atoms with Crippen LogP contribution >= 0.6 is 11.3 Å². The molecule has 1 heterocycles. The predicted octanol–water partition coefficient (Wildman–Crippen LogP) is 2.09. The molecule has 0 saturated heterocycles. The van der Waals surface area contributed by atoms with E-state index in [0.717, 1.165) is 11.3 Å². The number of aliphatic carboxylic acids is 1. The fourth-order valence-corrected chi connectivity index (χ4v) is 4.12. The highest BCUT2D eigenvalue weighted by atomic mass is 32.2. The number of hydrogen-bond donors (Lipinski definition) is 2. The SMILES string of the molecule is CCc1ccc(S(=O)(=O)NC(CC(C)C)C(=O)O)s1. The van der Waals surface area contributed by atoms with Gasteiger partial charge in [-0.2, -0.15) is 4.72 Å². The number of carboxylic acids is 1. The first-order valence-corrected chi connectivity index (χ1v) is 8.40. The Labute approximate surface area is 117 Å². The fourth-order valence-electron chi connectivity index (χ4n) is 1.61. The van der Waals surface area contributed by atoms with Crippen molar-refractivity contribution in [3.05, 3.63) is 17.0 Å². The molecule has 0 aliphatic carbocycles. The summed E-state index contributed by atoms with van der Waals surface area (Å²) < 4.78 is 26.6. The smallest absolute Gasteiger partial charge is 0.321 e. The van der Waals surface area contributed by atoms with E-state index in [1.807, 2.05) is 20.8 Å². The zero-order valence-corrected chi connectivity index (χ0v) is 12.8. The zero-order valence-electron chi connectivity index (χ0n) is 11.2. The minimum Gasteiger partial charge on any atom is -0.480 e. The van der Waals surface area contributed by atoms with Crippen molar-refractivity contribution in [1.82, 2.24) is 4.72 Å². The highest BCUT2D eigenvalue weighted by Gasteiger charge is 2.26. The fraction of sp³-hybridized carbons (Fsp3) is 0.583. The van der Waals surface area contributed by atoms with Crippen LogP contribution in [-0.4, -0.2) is 25.5 Å². The van der Waals surface area contributed by atoms with Gasteiger partial charge in [-0.1, -0.05) is 20.8 Å². The normalized spacial score (nSPS) is 13.7. The summed E-state index contributed by atoms with van der Waals surface area (Å²) in [5, 5.41) is 9.06. The van der Waals surface area contributed by atoms with Crippen molar-refractivity contribution in [2.24, 2.45) is 5.92 Å². The molecule has 0 saturated carbocycles. The number of hydrogen-bond acceptors (Lipinski definition) is 4. The molecule has 108 valence electrons. The molecule has 5 nitrogen and oxygen atoms in total. The maximum atomic E-state index is 12.1. The van der Waals surface area contributed by atoms with Crippen molar-refractivity contribution in [1.29, 1.82) is 0 Å². The molecule has 1 rings (SSSR count). The van der Waals surface area contributed by atoms with Gasteiger partial charge in [-0.25, -0.2) is 8.42 Å². The van der Waals surface area contributed by atoms with E-state index >= 15 is 0 Å². The molecule has 0 aliphatic rings. The average Bonchev–Trinajstić information content (AvgIpc) is 2.76. The third-order valence-corrected chi connectivity index (χ3v) is 5.75. The molecular formula is C12H19NO4S2. The first-order valence-electron chi connectivity index (χ1n) is 6.10. The van der Waals surface area contributed by atoms with E-state index in [-0.39, 0.29) is 16.5 Å². The van der Waals surface area contributed by atoms with E-state index in [1.165, 1.54) is 17.4 Å². The van der Waals surface area contributed by atoms with Crippen LogP contribution in [0.3, 0.4) is 0 Å². The summed E-state index contributed by atoms with van der Waals surface area (Å²) in [5.41, 5.74) is 0. The Morgan fingerprint density at radius 3 is 2.47 bits per heavy atom. The van der Waals surface area contributed by atoms with Crippen LogP contribution in [0.5, 0.6) is 0 Å². The number of thiophene rings is 1. The van der Waals surface area contributed by atoms with Gasteiger partial charge in [-0.05, 0) is 30.9 Å². The summed E-state index contributed by atoms with van der Waals surface area (Å²) in [6, 6.07) is 2.18. The molecule has 1 unspecified atom stereocenters. The van der Waals surface area contributed by atoms with E-state index < -0.39 is 22.0 Å². The van der Waals surface area contributed by atoms with Crippen molar-refractivity contribution in [2.75, 3.05) is 0 Å². The van der Waals surface area contributed by atoms with Gasteiger partial charge in [0.15, 0.2) is 0 Å². The first-order chi connectivity index (χ1) is 8.76. The number of rotatable bonds is 7. The molecule has 0 spiro atoms. The van der Waals surface area contributed by atoms with Crippen LogP contribution in [0.25, 0.3) is 0 Å². The van der Waals surface area contributed by atoms with Gasteiger partial charge in [-0.3, -0.25) is 4.79 Å². The van der Waals surface area contributed by atoms with Crippen LogP contribution in [0.2, 0.25) is 0 Å². The van der Waals surface area contributed by atoms with Crippen LogP contribution in [0.15, 0.2) is 16.3 Å². The van der Waals surface area contributed by atoms with Crippen molar-refractivity contribution >= 4 is 27.3 Å². The lowest BCUT2D eigenvalue weighted by Gasteiger charge is -2.15. The second-order valence-electron chi connectivity index (χ2n) is 4.72. The van der Waals surface area contributed by atoms with E-state index in [2.05, 4.69) is 4.72 Å². The molecule has 1 aromatic rings. The topological polar surface area (TPSA) is 83.5 Å². The predicted molar refractivity (Wildman–Crippen MR) is 74.9 cm³/mol. The Morgan fingerprint density at radius 1 is 1.42 bits per heavy atom. The van der Waals surface area contributed by atoms with Gasteiger partial charge in [0, 0.05) is 4.88 Å². The Morgan fingerprint density at radius 2 is 2.05 bits per heavy atom. The van der Waals surface area contributed by atoms with Gasteiger partial charge in [0.2, 0.25) is 0 Å². The molecular weight excluding hydrogens is 286 g/mol. The lowest BCUT2D eigenvalue weighted by atomic mass is 10.1. The van der Waals surface area contributed by atoms with Crippen LogP contribution in [-0.2, 0) is 21.2 Å². The highest BCUT2D eigenvalue weighted by Crippen LogP contribution is 2.22. The van der Waals surface area contributed by atoms with E-state index in [4.69, 9.17) is 5.11 Å². The molecule has 0 aliphatic heterocycles. The lowest BCUT2D eigenvalue weighted by Crippen LogP contribution is -2.41. The summed E-state index contributed by atoms with van der Waals surface area (Å²) in [7, 11) is -3.75. The molecule has 0 radical (unpaired) electrons. The Hall–Kier alpha value is -0.920. The molecule has 1 aromatic heterocycles. The second kappa shape index (κ2) is 6.49. The Bertz CT molecular complexity index is 534. The molecule has 2 N–H and O–H groups in total. The molecule has 19 heavy (non-hydrogen) atoms. The minimum absolute atomic E-state index is 0.0957. The largest absolute Gasteiger partial charge is 0.480 e. The standard InChI is InChI=1S/C12H19NO4S2/c1-4-9-5-6-11(18-9)19(16,17)13-10(12(14)15)7-8(2)3/h5-6,8,10,13H,4,7H2,1-3H3,(H,14,15). The molecule has 0 amide bonds. The van der Waals surface area contributed by atoms with Crippen LogP contribution < -0.4 is 4.72 Å². The van der Waals surface area contributed by atoms with Crippen LogP contribution in [0.4, 0.5) is 0 Å². The lowest BCUT2D eigenvalue weighted by molar-refractivity contribution is -0.139. The number of carbonyl (C=O) groups is 1. The van der Waals surface area contributed by atoms with Gasteiger partial charge in [0.1, 0.15) is 10.3 Å². The molecule has 0 bridgehead atoms. The van der Waals surface area contributed by atoms with E-state index in [1.54, 1.807) is 6.07 Å². The number of nitrogens with one attached hydrogen (secondary N) is 1. The molecule has 0 aromatic carbocycles. The Kier molecular flexibility index (Phi) is 5.51. The monoisotopic (exact) mass is 305 g/mol. The van der Waals surface area contributed by atoms with Crippen molar-refractivity contribution in [2.45, 2.75) is 43.9 Å². The van der Waals surface area contributed by atoms with Gasteiger partial charge < -0.3 is 5.11 Å². The van der Waals surface area contributed by atoms with Gasteiger partial charge >= 0.3 is 5.97 Å².